The Morgan fingerprint density at radius 1 is 0.795 bits per heavy atom. The number of Topliss-reactive ketones (excluding diaryl/α,β-unsaturated/α-hetero) is 2. The van der Waals surface area contributed by atoms with Gasteiger partial charge < -0.3 is 10.2 Å². The molecule has 1 amide bonds. The van der Waals surface area contributed by atoms with E-state index in [1.165, 1.54) is 0 Å². The molecule has 0 aliphatic carbocycles. The Kier molecular flexibility index (Phi) is 5.17. The first-order chi connectivity index (χ1) is 19.0. The first-order valence-electron chi connectivity index (χ1n) is 13.2. The Labute approximate surface area is 226 Å². The largest absolute Gasteiger partial charge is 0.358 e. The van der Waals surface area contributed by atoms with E-state index in [2.05, 4.69) is 5.32 Å². The van der Waals surface area contributed by atoms with Crippen LogP contribution in [0.1, 0.15) is 49.0 Å². The molecule has 0 saturated carbocycles. The molecule has 5 heteroatoms. The maximum Gasteiger partial charge on any atom is 0.238 e. The van der Waals surface area contributed by atoms with Gasteiger partial charge in [0.05, 0.1) is 12.0 Å². The van der Waals surface area contributed by atoms with Crippen molar-refractivity contribution in [3.05, 3.63) is 143 Å². The second kappa shape index (κ2) is 8.63. The first-order valence-corrected chi connectivity index (χ1v) is 13.2. The third-order valence-corrected chi connectivity index (χ3v) is 8.49. The Bertz CT molecular complexity index is 1680. The van der Waals surface area contributed by atoms with Crippen molar-refractivity contribution in [2.45, 2.75) is 24.4 Å². The van der Waals surface area contributed by atoms with Crippen LogP contribution in [0.25, 0.3) is 6.08 Å². The third kappa shape index (κ3) is 3.23. The van der Waals surface area contributed by atoms with Gasteiger partial charge in [-0.05, 0) is 35.8 Å². The molecule has 4 aromatic carbocycles. The van der Waals surface area contributed by atoms with Crippen molar-refractivity contribution >= 4 is 29.2 Å². The predicted octanol–water partition coefficient (Wildman–Crippen LogP) is 5.98. The van der Waals surface area contributed by atoms with Crippen molar-refractivity contribution in [2.75, 3.05) is 5.32 Å². The number of anilines is 1. The van der Waals surface area contributed by atoms with Crippen LogP contribution in [0, 0.1) is 12.8 Å². The number of benzene rings is 4. The normalized spacial score (nSPS) is 24.2. The fourth-order valence-electron chi connectivity index (χ4n) is 6.88. The van der Waals surface area contributed by atoms with E-state index < -0.39 is 23.4 Å². The summed E-state index contributed by atoms with van der Waals surface area (Å²) in [5.74, 6) is -1.60. The van der Waals surface area contributed by atoms with Crippen molar-refractivity contribution in [1.82, 2.24) is 4.90 Å². The molecule has 190 valence electrons. The summed E-state index contributed by atoms with van der Waals surface area (Å²) in [5, 5.41) is 3.10. The van der Waals surface area contributed by atoms with Crippen LogP contribution in [0.15, 0.2) is 109 Å². The number of fused-ring (bicyclic) bond motifs is 6. The molecular formula is C34H26N2O3. The lowest BCUT2D eigenvalue weighted by molar-refractivity contribution is -0.122. The molecule has 3 heterocycles. The van der Waals surface area contributed by atoms with Gasteiger partial charge in [0, 0.05) is 23.0 Å². The van der Waals surface area contributed by atoms with Gasteiger partial charge in [-0.3, -0.25) is 14.4 Å². The molecule has 1 spiro atoms. The van der Waals surface area contributed by atoms with E-state index in [-0.39, 0.29) is 17.5 Å². The quantitative estimate of drug-likeness (QED) is 0.343. The highest BCUT2D eigenvalue weighted by molar-refractivity contribution is 6.16. The molecule has 3 aliphatic rings. The van der Waals surface area contributed by atoms with Crippen LogP contribution in [0.3, 0.4) is 0 Å². The zero-order valence-corrected chi connectivity index (χ0v) is 21.4. The molecule has 3 aliphatic heterocycles. The average Bonchev–Trinajstić information content (AvgIpc) is 3.45. The molecule has 0 bridgehead atoms. The van der Waals surface area contributed by atoms with Gasteiger partial charge in [0.2, 0.25) is 5.91 Å². The van der Waals surface area contributed by atoms with Gasteiger partial charge in [0.25, 0.3) is 0 Å². The minimum atomic E-state index is -1.32. The molecule has 1 fully saturated rings. The van der Waals surface area contributed by atoms with Gasteiger partial charge >= 0.3 is 0 Å². The summed E-state index contributed by atoms with van der Waals surface area (Å²) in [6.07, 6.45) is 3.88. The summed E-state index contributed by atoms with van der Waals surface area (Å²) in [5.41, 5.74) is 4.04. The van der Waals surface area contributed by atoms with Crippen LogP contribution in [0.5, 0.6) is 0 Å². The van der Waals surface area contributed by atoms with Gasteiger partial charge in [0.1, 0.15) is 11.5 Å². The highest BCUT2D eigenvalue weighted by Gasteiger charge is 2.70. The minimum Gasteiger partial charge on any atom is -0.358 e. The molecule has 5 nitrogen and oxygen atoms in total. The topological polar surface area (TPSA) is 66.5 Å². The van der Waals surface area contributed by atoms with E-state index in [0.29, 0.717) is 16.8 Å². The molecule has 1 N–H and O–H groups in total. The van der Waals surface area contributed by atoms with Crippen LogP contribution in [-0.2, 0) is 10.2 Å². The van der Waals surface area contributed by atoms with Crippen LogP contribution >= 0.6 is 0 Å². The lowest BCUT2D eigenvalue weighted by Gasteiger charge is -2.38. The van der Waals surface area contributed by atoms with E-state index in [9.17, 15) is 14.4 Å². The number of nitrogens with one attached hydrogen (secondary N) is 1. The zero-order valence-electron chi connectivity index (χ0n) is 21.4. The SMILES string of the molecule is Cc1ccc2c(c1)[C@@]1(C(=O)N2)C2c3ccccc3C=CN2[C@H](C(=O)c2ccccc2)[C@H]1C(=O)c1ccccc1. The molecule has 39 heavy (non-hydrogen) atoms. The Balaban J connectivity index is 1.56. The number of amides is 1. The number of ketones is 2. The van der Waals surface area contributed by atoms with Crippen LogP contribution in [0.4, 0.5) is 5.69 Å². The lowest BCUT2D eigenvalue weighted by atomic mass is 9.62. The van der Waals surface area contributed by atoms with Crippen LogP contribution in [0.2, 0.25) is 0 Å². The maximum atomic E-state index is 14.7. The van der Waals surface area contributed by atoms with Crippen LogP contribution < -0.4 is 5.32 Å². The number of carbonyl (C=O) groups is 3. The lowest BCUT2D eigenvalue weighted by Crippen LogP contribution is -2.49. The monoisotopic (exact) mass is 510 g/mol. The molecule has 0 radical (unpaired) electrons. The van der Waals surface area contributed by atoms with E-state index in [1.807, 2.05) is 103 Å². The smallest absolute Gasteiger partial charge is 0.238 e. The van der Waals surface area contributed by atoms with Gasteiger partial charge in [0.15, 0.2) is 11.6 Å². The van der Waals surface area contributed by atoms with Crippen molar-refractivity contribution in [1.29, 1.82) is 0 Å². The average molecular weight is 511 g/mol. The summed E-state index contributed by atoms with van der Waals surface area (Å²) < 4.78 is 0. The second-order valence-electron chi connectivity index (χ2n) is 10.5. The van der Waals surface area contributed by atoms with Crippen molar-refractivity contribution in [2.24, 2.45) is 5.92 Å². The van der Waals surface area contributed by atoms with Crippen molar-refractivity contribution < 1.29 is 14.4 Å². The van der Waals surface area contributed by atoms with E-state index in [4.69, 9.17) is 0 Å². The second-order valence-corrected chi connectivity index (χ2v) is 10.5. The summed E-state index contributed by atoms with van der Waals surface area (Å²) in [6.45, 7) is 1.98. The number of rotatable bonds is 4. The summed E-state index contributed by atoms with van der Waals surface area (Å²) in [7, 11) is 0. The van der Waals surface area contributed by atoms with E-state index in [1.54, 1.807) is 24.3 Å². The third-order valence-electron chi connectivity index (χ3n) is 8.49. The highest BCUT2D eigenvalue weighted by Crippen LogP contribution is 2.62. The highest BCUT2D eigenvalue weighted by atomic mass is 16.2. The maximum absolute atomic E-state index is 14.7. The summed E-state index contributed by atoms with van der Waals surface area (Å²) in [6, 6.07) is 30.5. The first kappa shape index (κ1) is 23.4. The van der Waals surface area contributed by atoms with E-state index >= 15 is 0 Å². The van der Waals surface area contributed by atoms with Gasteiger partial charge in [-0.15, -0.1) is 0 Å². The Hall–Kier alpha value is -4.77. The molecule has 4 atom stereocenters. The summed E-state index contributed by atoms with van der Waals surface area (Å²) >= 11 is 0. The molecule has 7 rings (SSSR count). The molecule has 4 aromatic rings. The van der Waals surface area contributed by atoms with E-state index in [0.717, 1.165) is 22.3 Å². The van der Waals surface area contributed by atoms with Crippen LogP contribution in [-0.4, -0.2) is 28.4 Å². The van der Waals surface area contributed by atoms with Gasteiger partial charge in [-0.1, -0.05) is 103 Å². The zero-order chi connectivity index (χ0) is 26.7. The number of carbonyl (C=O) groups excluding carboxylic acids is 3. The predicted molar refractivity (Wildman–Crippen MR) is 150 cm³/mol. The number of nitrogens with zero attached hydrogens (tertiary/aromatic N) is 1. The molecule has 1 unspecified atom stereocenters. The fraction of sp³-hybridized carbons (Fsp3) is 0.147. The summed E-state index contributed by atoms with van der Waals surface area (Å²) in [4.78, 5) is 45.5. The number of hydrogen-bond donors (Lipinski definition) is 1. The van der Waals surface area contributed by atoms with Crippen molar-refractivity contribution in [3.8, 4) is 0 Å². The minimum absolute atomic E-state index is 0.176. The van der Waals surface area contributed by atoms with Gasteiger partial charge in [-0.25, -0.2) is 0 Å². The Morgan fingerprint density at radius 3 is 2.15 bits per heavy atom. The number of hydrogen-bond acceptors (Lipinski definition) is 4. The molecule has 1 saturated heterocycles. The fourth-order valence-corrected chi connectivity index (χ4v) is 6.88. The standard InChI is InChI=1S/C34H26N2O3/c1-21-16-17-27-26(20-21)34(33(39)35-27)28(30(37)23-11-4-2-5-12-23)29(31(38)24-13-6-3-7-14-24)36-19-18-22-10-8-9-15-25(22)32(34)36/h2-20,28-29,32H,1H3,(H,35,39)/t28-,29-,32?,34-/m0/s1. The molecule has 0 aromatic heterocycles. The van der Waals surface area contributed by atoms with Crippen molar-refractivity contribution in [3.63, 3.8) is 0 Å². The molecular weight excluding hydrogens is 484 g/mol. The number of aryl methyl sites for hydroxylation is 1. The Morgan fingerprint density at radius 2 is 1.44 bits per heavy atom. The van der Waals surface area contributed by atoms with Gasteiger partial charge in [-0.2, -0.15) is 0 Å².